The first kappa shape index (κ1) is 16.5. The number of fused-ring (bicyclic) bond motifs is 1. The summed E-state index contributed by atoms with van der Waals surface area (Å²) in [6.45, 7) is 0. The number of carbonyl (C=O) groups is 1. The van der Waals surface area contributed by atoms with Crippen LogP contribution in [0.3, 0.4) is 0 Å². The second kappa shape index (κ2) is 7.04. The van der Waals surface area contributed by atoms with E-state index in [4.69, 9.17) is 9.47 Å². The number of methoxy groups -OCH3 is 2. The van der Waals surface area contributed by atoms with Gasteiger partial charge in [-0.3, -0.25) is 4.99 Å². The molecule has 1 saturated carbocycles. The maximum absolute atomic E-state index is 11.8. The fourth-order valence-corrected chi connectivity index (χ4v) is 4.58. The van der Waals surface area contributed by atoms with Crippen molar-refractivity contribution in [3.63, 3.8) is 0 Å². The lowest BCUT2D eigenvalue weighted by Gasteiger charge is -2.25. The van der Waals surface area contributed by atoms with E-state index >= 15 is 0 Å². The van der Waals surface area contributed by atoms with Gasteiger partial charge in [-0.1, -0.05) is 34.8 Å². The lowest BCUT2D eigenvalue weighted by molar-refractivity contribution is -0.142. The minimum atomic E-state index is -0.475. The van der Waals surface area contributed by atoms with E-state index < -0.39 is 6.04 Å². The van der Waals surface area contributed by atoms with Crippen LogP contribution in [0.1, 0.15) is 47.2 Å². The van der Waals surface area contributed by atoms with E-state index in [0.29, 0.717) is 17.2 Å². The van der Waals surface area contributed by atoms with Gasteiger partial charge in [0.05, 0.1) is 14.2 Å². The number of ether oxygens (including phenoxy) is 2. The first-order valence-electron chi connectivity index (χ1n) is 8.10. The Bertz CT molecular complexity index is 623. The molecule has 1 aromatic carbocycles. The number of rotatable bonds is 4. The standard InChI is InChI=1S/C18H22BrNO3/c1-22-16-8-7-12(17(19)11-5-3-4-6-11)14-10-20-15(9-13(14)16)18(21)23-2/h7-8,10-11,15,17H,3-6,9H2,1-2H3. The number of esters is 1. The Balaban J connectivity index is 1.97. The topological polar surface area (TPSA) is 47.9 Å². The van der Waals surface area contributed by atoms with Crippen molar-refractivity contribution in [3.05, 3.63) is 28.8 Å². The van der Waals surface area contributed by atoms with Crippen LogP contribution in [0.15, 0.2) is 17.1 Å². The molecule has 0 saturated heterocycles. The van der Waals surface area contributed by atoms with Crippen molar-refractivity contribution >= 4 is 28.1 Å². The first-order chi connectivity index (χ1) is 11.2. The number of carbonyl (C=O) groups excluding carboxylic acids is 1. The number of halogens is 1. The number of alkyl halides is 1. The lowest BCUT2D eigenvalue weighted by atomic mass is 9.88. The molecule has 2 atom stereocenters. The van der Waals surface area contributed by atoms with Gasteiger partial charge in [0.2, 0.25) is 0 Å². The molecule has 0 N–H and O–H groups in total. The van der Waals surface area contributed by atoms with Crippen LogP contribution in [0.25, 0.3) is 0 Å². The van der Waals surface area contributed by atoms with Gasteiger partial charge >= 0.3 is 5.97 Å². The molecule has 1 aliphatic heterocycles. The van der Waals surface area contributed by atoms with Crippen molar-refractivity contribution in [1.29, 1.82) is 0 Å². The average molecular weight is 380 g/mol. The molecule has 5 heteroatoms. The highest BCUT2D eigenvalue weighted by atomic mass is 79.9. The summed E-state index contributed by atoms with van der Waals surface area (Å²) in [5, 5.41) is 0. The van der Waals surface area contributed by atoms with Gasteiger partial charge in [-0.2, -0.15) is 0 Å². The van der Waals surface area contributed by atoms with Crippen molar-refractivity contribution < 1.29 is 14.3 Å². The molecular formula is C18H22BrNO3. The number of hydrogen-bond acceptors (Lipinski definition) is 4. The van der Waals surface area contributed by atoms with Crippen molar-refractivity contribution in [1.82, 2.24) is 0 Å². The zero-order valence-corrected chi connectivity index (χ0v) is 15.1. The molecule has 23 heavy (non-hydrogen) atoms. The van der Waals surface area contributed by atoms with E-state index in [1.54, 1.807) is 7.11 Å². The normalized spacial score (nSPS) is 21.8. The number of aliphatic imine (C=N–C) groups is 1. The van der Waals surface area contributed by atoms with E-state index in [-0.39, 0.29) is 5.97 Å². The van der Waals surface area contributed by atoms with Crippen LogP contribution in [0.2, 0.25) is 0 Å². The molecule has 2 aliphatic rings. The molecule has 1 aromatic rings. The third kappa shape index (κ3) is 3.16. The summed E-state index contributed by atoms with van der Waals surface area (Å²) >= 11 is 3.90. The zero-order valence-electron chi connectivity index (χ0n) is 13.5. The largest absolute Gasteiger partial charge is 0.496 e. The van der Waals surface area contributed by atoms with Crippen molar-refractivity contribution in [2.75, 3.05) is 14.2 Å². The summed E-state index contributed by atoms with van der Waals surface area (Å²) < 4.78 is 10.3. The Morgan fingerprint density at radius 1 is 1.30 bits per heavy atom. The molecule has 3 rings (SSSR count). The zero-order chi connectivity index (χ0) is 16.4. The Labute approximate surface area is 145 Å². The molecule has 0 bridgehead atoms. The highest BCUT2D eigenvalue weighted by molar-refractivity contribution is 9.09. The van der Waals surface area contributed by atoms with Gasteiger partial charge in [0.1, 0.15) is 5.75 Å². The predicted octanol–water partition coefficient (Wildman–Crippen LogP) is 3.84. The molecule has 1 fully saturated rings. The van der Waals surface area contributed by atoms with E-state index in [1.165, 1.54) is 38.4 Å². The SMILES string of the molecule is COC(=O)C1Cc2c(OC)ccc(C(Br)C3CCCC3)c2C=N1. The lowest BCUT2D eigenvalue weighted by Crippen LogP contribution is -2.27. The van der Waals surface area contributed by atoms with Crippen LogP contribution in [0.5, 0.6) is 5.75 Å². The molecule has 0 amide bonds. The van der Waals surface area contributed by atoms with Gasteiger partial charge in [-0.15, -0.1) is 0 Å². The molecule has 1 aliphatic carbocycles. The van der Waals surface area contributed by atoms with Crippen LogP contribution in [0.4, 0.5) is 0 Å². The number of hydrogen-bond donors (Lipinski definition) is 0. The fourth-order valence-electron chi connectivity index (χ4n) is 3.65. The van der Waals surface area contributed by atoms with Gasteiger partial charge in [-0.25, -0.2) is 4.79 Å². The summed E-state index contributed by atoms with van der Waals surface area (Å²) in [7, 11) is 3.06. The van der Waals surface area contributed by atoms with E-state index in [9.17, 15) is 4.79 Å². The molecule has 1 heterocycles. The fraction of sp³-hybridized carbons (Fsp3) is 0.556. The summed E-state index contributed by atoms with van der Waals surface area (Å²) in [6, 6.07) is 3.65. The van der Waals surface area contributed by atoms with Crippen LogP contribution < -0.4 is 4.74 Å². The molecule has 2 unspecified atom stereocenters. The van der Waals surface area contributed by atoms with Gasteiger partial charge in [0, 0.05) is 28.6 Å². The van der Waals surface area contributed by atoms with Gasteiger partial charge in [-0.05, 0) is 30.4 Å². The van der Waals surface area contributed by atoms with Gasteiger partial charge < -0.3 is 9.47 Å². The van der Waals surface area contributed by atoms with E-state index in [1.807, 2.05) is 12.3 Å². The highest BCUT2D eigenvalue weighted by Gasteiger charge is 2.31. The quantitative estimate of drug-likeness (QED) is 0.589. The Hall–Kier alpha value is -1.36. The number of benzene rings is 1. The van der Waals surface area contributed by atoms with Crippen LogP contribution in [0, 0.1) is 5.92 Å². The smallest absolute Gasteiger partial charge is 0.330 e. The van der Waals surface area contributed by atoms with E-state index in [0.717, 1.165) is 16.9 Å². The minimum Gasteiger partial charge on any atom is -0.496 e. The average Bonchev–Trinajstić information content (AvgIpc) is 3.13. The highest BCUT2D eigenvalue weighted by Crippen LogP contribution is 2.44. The molecule has 124 valence electrons. The van der Waals surface area contributed by atoms with E-state index in [2.05, 4.69) is 27.0 Å². The maximum Gasteiger partial charge on any atom is 0.330 e. The molecular weight excluding hydrogens is 358 g/mol. The summed E-state index contributed by atoms with van der Waals surface area (Å²) in [6.07, 6.45) is 7.49. The predicted molar refractivity (Wildman–Crippen MR) is 93.7 cm³/mol. The molecule has 4 nitrogen and oxygen atoms in total. The third-order valence-electron chi connectivity index (χ3n) is 4.93. The van der Waals surface area contributed by atoms with Crippen molar-refractivity contribution in [2.45, 2.75) is 43.0 Å². The van der Waals surface area contributed by atoms with Crippen LogP contribution in [-0.2, 0) is 16.0 Å². The minimum absolute atomic E-state index is 0.300. The van der Waals surface area contributed by atoms with Crippen LogP contribution in [-0.4, -0.2) is 32.4 Å². The van der Waals surface area contributed by atoms with Crippen molar-refractivity contribution in [3.8, 4) is 5.75 Å². The monoisotopic (exact) mass is 379 g/mol. The van der Waals surface area contributed by atoms with Gasteiger partial charge in [0.25, 0.3) is 0 Å². The maximum atomic E-state index is 11.8. The van der Waals surface area contributed by atoms with Crippen molar-refractivity contribution in [2.24, 2.45) is 10.9 Å². The van der Waals surface area contributed by atoms with Crippen LogP contribution >= 0.6 is 15.9 Å². The molecule has 0 spiro atoms. The first-order valence-corrected chi connectivity index (χ1v) is 9.02. The summed E-state index contributed by atoms with van der Waals surface area (Å²) in [4.78, 5) is 16.6. The number of nitrogens with zero attached hydrogens (tertiary/aromatic N) is 1. The second-order valence-electron chi connectivity index (χ2n) is 6.22. The second-order valence-corrected chi connectivity index (χ2v) is 7.20. The Morgan fingerprint density at radius 2 is 2.04 bits per heavy atom. The van der Waals surface area contributed by atoms with Gasteiger partial charge in [0.15, 0.2) is 6.04 Å². The summed E-state index contributed by atoms with van der Waals surface area (Å²) in [5.74, 6) is 1.18. The molecule has 0 radical (unpaired) electrons. The molecule has 0 aromatic heterocycles. The summed E-state index contributed by atoms with van der Waals surface area (Å²) in [5.41, 5.74) is 3.40. The Kier molecular flexibility index (Phi) is 5.05. The Morgan fingerprint density at radius 3 is 2.70 bits per heavy atom. The third-order valence-corrected chi connectivity index (χ3v) is 6.17.